The zero-order valence-electron chi connectivity index (χ0n) is 18.4. The number of methoxy groups -OCH3 is 1. The smallest absolute Gasteiger partial charge is 0.274 e. The number of piperazine rings is 1. The van der Waals surface area contributed by atoms with Crippen LogP contribution in [0.15, 0.2) is 54.9 Å². The summed E-state index contributed by atoms with van der Waals surface area (Å²) in [7, 11) is 1.56. The summed E-state index contributed by atoms with van der Waals surface area (Å²) >= 11 is 0. The average molecular weight is 447 g/mol. The minimum atomic E-state index is -0.318. The summed E-state index contributed by atoms with van der Waals surface area (Å²) in [6.45, 7) is 3.89. The van der Waals surface area contributed by atoms with Crippen molar-refractivity contribution >= 4 is 29.4 Å². The van der Waals surface area contributed by atoms with Gasteiger partial charge in [-0.25, -0.2) is 4.98 Å². The summed E-state index contributed by atoms with van der Waals surface area (Å²) in [4.78, 5) is 35.2. The van der Waals surface area contributed by atoms with Gasteiger partial charge in [0.05, 0.1) is 24.7 Å². The highest BCUT2D eigenvalue weighted by Gasteiger charge is 2.17. The lowest BCUT2D eigenvalue weighted by atomic mass is 10.1. The first-order chi connectivity index (χ1) is 16.2. The third-order valence-electron chi connectivity index (χ3n) is 5.43. The number of carbonyl (C=O) groups is 2. The third kappa shape index (κ3) is 5.45. The van der Waals surface area contributed by atoms with Crippen molar-refractivity contribution in [2.75, 3.05) is 48.8 Å². The highest BCUT2D eigenvalue weighted by atomic mass is 16.5. The molecule has 9 heteroatoms. The van der Waals surface area contributed by atoms with Crippen LogP contribution in [0.25, 0.3) is 0 Å². The van der Waals surface area contributed by atoms with E-state index in [9.17, 15) is 9.59 Å². The molecule has 0 saturated carbocycles. The number of aldehydes is 1. The second-order valence-corrected chi connectivity index (χ2v) is 7.53. The van der Waals surface area contributed by atoms with E-state index in [1.807, 2.05) is 12.1 Å². The lowest BCUT2D eigenvalue weighted by Crippen LogP contribution is -2.43. The van der Waals surface area contributed by atoms with Gasteiger partial charge in [0, 0.05) is 44.5 Å². The van der Waals surface area contributed by atoms with Crippen LogP contribution in [0.3, 0.4) is 0 Å². The van der Waals surface area contributed by atoms with Gasteiger partial charge in [0.25, 0.3) is 5.91 Å². The summed E-state index contributed by atoms with van der Waals surface area (Å²) in [5, 5.41) is 9.45. The van der Waals surface area contributed by atoms with Gasteiger partial charge >= 0.3 is 0 Å². The molecule has 1 fully saturated rings. The van der Waals surface area contributed by atoms with Gasteiger partial charge in [-0.2, -0.15) is 0 Å². The lowest BCUT2D eigenvalue weighted by Gasteiger charge is -2.30. The number of carbonyl (C=O) groups excluding carboxylic acids is 2. The van der Waals surface area contributed by atoms with Crippen LogP contribution in [0, 0.1) is 0 Å². The zero-order valence-corrected chi connectivity index (χ0v) is 18.4. The number of aromatic nitrogens is 2. The number of nitrogens with one attached hydrogen (secondary N) is 3. The number of hydrogen-bond acceptors (Lipinski definition) is 8. The van der Waals surface area contributed by atoms with Gasteiger partial charge in [0.1, 0.15) is 17.3 Å². The molecule has 1 aromatic carbocycles. The Hall–Kier alpha value is -3.98. The van der Waals surface area contributed by atoms with Gasteiger partial charge in [-0.1, -0.05) is 12.1 Å². The van der Waals surface area contributed by atoms with Gasteiger partial charge in [-0.05, 0) is 35.9 Å². The fourth-order valence-electron chi connectivity index (χ4n) is 3.67. The van der Waals surface area contributed by atoms with Crippen molar-refractivity contribution in [3.8, 4) is 5.75 Å². The quantitative estimate of drug-likeness (QED) is 0.453. The van der Waals surface area contributed by atoms with Crippen LogP contribution >= 0.6 is 0 Å². The van der Waals surface area contributed by atoms with Crippen molar-refractivity contribution in [1.82, 2.24) is 15.3 Å². The van der Waals surface area contributed by atoms with Crippen LogP contribution in [0.5, 0.6) is 5.75 Å². The van der Waals surface area contributed by atoms with Crippen molar-refractivity contribution < 1.29 is 14.3 Å². The monoisotopic (exact) mass is 446 g/mol. The van der Waals surface area contributed by atoms with Crippen LogP contribution in [-0.2, 0) is 6.54 Å². The topological polar surface area (TPSA) is 108 Å². The lowest BCUT2D eigenvalue weighted by molar-refractivity contribution is 0.102. The number of rotatable bonds is 8. The van der Waals surface area contributed by atoms with E-state index in [4.69, 9.17) is 4.74 Å². The molecule has 0 spiro atoms. The number of pyridine rings is 2. The molecule has 33 heavy (non-hydrogen) atoms. The molecule has 1 aliphatic heterocycles. The van der Waals surface area contributed by atoms with Crippen LogP contribution in [-0.4, -0.2) is 55.5 Å². The van der Waals surface area contributed by atoms with E-state index < -0.39 is 0 Å². The molecular weight excluding hydrogens is 420 g/mol. The molecule has 3 N–H and O–H groups in total. The summed E-state index contributed by atoms with van der Waals surface area (Å²) in [6, 6.07) is 12.4. The number of anilines is 3. The summed E-state index contributed by atoms with van der Waals surface area (Å²) < 4.78 is 5.17. The number of hydrogen-bond donors (Lipinski definition) is 3. The fourth-order valence-corrected chi connectivity index (χ4v) is 3.67. The predicted molar refractivity (Wildman–Crippen MR) is 127 cm³/mol. The van der Waals surface area contributed by atoms with E-state index in [0.717, 1.165) is 43.7 Å². The minimum Gasteiger partial charge on any atom is -0.497 e. The van der Waals surface area contributed by atoms with Gasteiger partial charge in [0.15, 0.2) is 6.29 Å². The van der Waals surface area contributed by atoms with Crippen LogP contribution < -0.4 is 25.6 Å². The highest BCUT2D eigenvalue weighted by molar-refractivity contribution is 6.04. The molecule has 2 aromatic heterocycles. The number of benzene rings is 1. The molecule has 0 unspecified atom stereocenters. The summed E-state index contributed by atoms with van der Waals surface area (Å²) in [5.41, 5.74) is 3.21. The Bertz CT molecular complexity index is 1130. The number of amides is 1. The average Bonchev–Trinajstić information content (AvgIpc) is 2.88. The van der Waals surface area contributed by atoms with Crippen molar-refractivity contribution in [3.63, 3.8) is 0 Å². The maximum atomic E-state index is 12.9. The zero-order chi connectivity index (χ0) is 23.0. The van der Waals surface area contributed by atoms with Crippen LogP contribution in [0.4, 0.5) is 17.2 Å². The second kappa shape index (κ2) is 10.6. The fraction of sp³-hybridized carbons (Fsp3) is 0.250. The summed E-state index contributed by atoms with van der Waals surface area (Å²) in [5.74, 6) is 0.832. The second-order valence-electron chi connectivity index (χ2n) is 7.53. The Kier molecular flexibility index (Phi) is 7.11. The first-order valence-electron chi connectivity index (χ1n) is 10.7. The van der Waals surface area contributed by atoms with E-state index in [1.165, 1.54) is 0 Å². The van der Waals surface area contributed by atoms with E-state index >= 15 is 0 Å². The molecule has 1 saturated heterocycles. The van der Waals surface area contributed by atoms with E-state index in [0.29, 0.717) is 29.4 Å². The van der Waals surface area contributed by atoms with Gasteiger partial charge in [-0.3, -0.25) is 14.6 Å². The Morgan fingerprint density at radius 2 is 2.06 bits per heavy atom. The molecule has 170 valence electrons. The van der Waals surface area contributed by atoms with E-state index in [2.05, 4.69) is 30.8 Å². The van der Waals surface area contributed by atoms with E-state index in [1.54, 1.807) is 49.8 Å². The molecule has 3 heterocycles. The summed E-state index contributed by atoms with van der Waals surface area (Å²) in [6.07, 6.45) is 4.17. The molecule has 1 amide bonds. The van der Waals surface area contributed by atoms with E-state index in [-0.39, 0.29) is 11.6 Å². The third-order valence-corrected chi connectivity index (χ3v) is 5.43. The molecule has 0 atom stereocenters. The normalized spacial score (nSPS) is 13.3. The van der Waals surface area contributed by atoms with Gasteiger partial charge in [-0.15, -0.1) is 0 Å². The molecule has 9 nitrogen and oxygen atoms in total. The van der Waals surface area contributed by atoms with Crippen LogP contribution in [0.1, 0.15) is 26.4 Å². The maximum absolute atomic E-state index is 12.9. The largest absolute Gasteiger partial charge is 0.497 e. The van der Waals surface area contributed by atoms with Gasteiger partial charge < -0.3 is 25.6 Å². The van der Waals surface area contributed by atoms with Crippen molar-refractivity contribution in [3.05, 3.63) is 71.7 Å². The molecule has 1 aliphatic rings. The Balaban J connectivity index is 1.45. The Morgan fingerprint density at radius 1 is 1.21 bits per heavy atom. The van der Waals surface area contributed by atoms with Crippen molar-refractivity contribution in [2.45, 2.75) is 6.54 Å². The molecular formula is C24H26N6O3. The highest BCUT2D eigenvalue weighted by Crippen LogP contribution is 2.25. The number of ether oxygens (including phenoxy) is 1. The predicted octanol–water partition coefficient (Wildman–Crippen LogP) is 2.57. The first kappa shape index (κ1) is 22.2. The Labute approximate surface area is 192 Å². The van der Waals surface area contributed by atoms with Crippen molar-refractivity contribution in [1.29, 1.82) is 0 Å². The number of nitrogens with zero attached hydrogens (tertiary/aromatic N) is 3. The first-order valence-corrected chi connectivity index (χ1v) is 10.7. The van der Waals surface area contributed by atoms with Crippen LogP contribution in [0.2, 0.25) is 0 Å². The standard InChI is InChI=1S/C24H26N6O3/c1-33-19-6-5-17(18(13-19)16-31)14-27-23-4-2-3-20(28-23)24(32)29-21-15-26-8-7-22(21)30-11-9-25-10-12-30/h2-8,13,15-16,25H,9-12,14H2,1H3,(H,27,28)(H,29,32). The Morgan fingerprint density at radius 3 is 2.85 bits per heavy atom. The molecule has 0 radical (unpaired) electrons. The SMILES string of the molecule is COc1ccc(CNc2cccc(C(=O)Nc3cnccc3N3CCNCC3)n2)c(C=O)c1. The maximum Gasteiger partial charge on any atom is 0.274 e. The molecule has 3 aromatic rings. The van der Waals surface area contributed by atoms with Gasteiger partial charge in [0.2, 0.25) is 0 Å². The molecule has 0 bridgehead atoms. The molecule has 4 rings (SSSR count). The van der Waals surface area contributed by atoms with Crippen molar-refractivity contribution in [2.24, 2.45) is 0 Å². The minimum absolute atomic E-state index is 0.278. The molecule has 0 aliphatic carbocycles.